The predicted octanol–water partition coefficient (Wildman–Crippen LogP) is 0.975. The first-order chi connectivity index (χ1) is 8.63. The zero-order valence-corrected chi connectivity index (χ0v) is 10.3. The molecule has 98 valence electrons. The number of nitrogens with two attached hydrogens (primary N) is 1. The van der Waals surface area contributed by atoms with E-state index in [-0.39, 0.29) is 0 Å². The maximum Gasteiger partial charge on any atom is 0.320 e. The van der Waals surface area contributed by atoms with Gasteiger partial charge in [0.1, 0.15) is 19.3 Å². The van der Waals surface area contributed by atoms with Crippen molar-refractivity contribution in [1.29, 1.82) is 0 Å². The Morgan fingerprint density at radius 3 is 2.83 bits per heavy atom. The summed E-state index contributed by atoms with van der Waals surface area (Å²) in [6.07, 6.45) is 1.06. The van der Waals surface area contributed by atoms with Gasteiger partial charge in [0.05, 0.1) is 0 Å². The molecule has 1 aromatic carbocycles. The van der Waals surface area contributed by atoms with Gasteiger partial charge in [-0.2, -0.15) is 0 Å². The molecule has 3 N–H and O–H groups in total. The highest BCUT2D eigenvalue weighted by Gasteiger charge is 2.21. The van der Waals surface area contributed by atoms with Crippen LogP contribution in [-0.4, -0.2) is 30.3 Å². The first-order valence-corrected chi connectivity index (χ1v) is 6.02. The normalized spacial score (nSPS) is 15.2. The van der Waals surface area contributed by atoms with E-state index in [1.165, 1.54) is 0 Å². The highest BCUT2D eigenvalue weighted by atomic mass is 16.6. The molecule has 0 aliphatic carbocycles. The van der Waals surface area contributed by atoms with Gasteiger partial charge in [0.2, 0.25) is 0 Å². The molecule has 0 bridgehead atoms. The summed E-state index contributed by atoms with van der Waals surface area (Å²) in [4.78, 5) is 10.8. The summed E-state index contributed by atoms with van der Waals surface area (Å²) in [5.74, 6) is 0.469. The SMILES string of the molecule is CCc1c(CC(N)C(=O)O)ccc2c1OCCO2. The fourth-order valence-corrected chi connectivity index (χ4v) is 2.12. The number of ether oxygens (including phenoxy) is 2. The summed E-state index contributed by atoms with van der Waals surface area (Å²) in [5, 5.41) is 8.86. The van der Waals surface area contributed by atoms with Crippen molar-refractivity contribution < 1.29 is 19.4 Å². The van der Waals surface area contributed by atoms with E-state index in [4.69, 9.17) is 20.3 Å². The van der Waals surface area contributed by atoms with Gasteiger partial charge < -0.3 is 20.3 Å². The molecule has 1 aromatic rings. The van der Waals surface area contributed by atoms with Gasteiger partial charge in [0.25, 0.3) is 0 Å². The van der Waals surface area contributed by atoms with Crippen molar-refractivity contribution in [2.75, 3.05) is 13.2 Å². The Morgan fingerprint density at radius 2 is 2.17 bits per heavy atom. The fraction of sp³-hybridized carbons (Fsp3) is 0.462. The van der Waals surface area contributed by atoms with Crippen molar-refractivity contribution in [3.05, 3.63) is 23.3 Å². The van der Waals surface area contributed by atoms with Crippen LogP contribution >= 0.6 is 0 Å². The summed E-state index contributed by atoms with van der Waals surface area (Å²) in [7, 11) is 0. The minimum atomic E-state index is -0.994. The summed E-state index contributed by atoms with van der Waals surface area (Å²) in [6.45, 7) is 3.07. The second-order valence-corrected chi connectivity index (χ2v) is 4.23. The molecule has 0 saturated carbocycles. The molecule has 1 aliphatic heterocycles. The molecule has 0 amide bonds. The van der Waals surface area contributed by atoms with Gasteiger partial charge in [-0.3, -0.25) is 4.79 Å². The predicted molar refractivity (Wildman–Crippen MR) is 66.1 cm³/mol. The molecule has 1 aliphatic rings. The Morgan fingerprint density at radius 1 is 1.44 bits per heavy atom. The van der Waals surface area contributed by atoms with Crippen LogP contribution in [0.5, 0.6) is 11.5 Å². The molecule has 1 unspecified atom stereocenters. The minimum absolute atomic E-state index is 0.301. The average molecular weight is 251 g/mol. The van der Waals surface area contributed by atoms with Crippen LogP contribution in [0.2, 0.25) is 0 Å². The quantitative estimate of drug-likeness (QED) is 0.833. The van der Waals surface area contributed by atoms with Gasteiger partial charge in [0.15, 0.2) is 11.5 Å². The number of fused-ring (bicyclic) bond motifs is 1. The summed E-state index contributed by atoms with van der Waals surface area (Å²) in [6, 6.07) is 2.80. The van der Waals surface area contributed by atoms with Crippen LogP contribution in [0.4, 0.5) is 0 Å². The maximum atomic E-state index is 10.8. The lowest BCUT2D eigenvalue weighted by Gasteiger charge is -2.23. The highest BCUT2D eigenvalue weighted by Crippen LogP contribution is 2.36. The third-order valence-corrected chi connectivity index (χ3v) is 3.02. The number of carbonyl (C=O) groups is 1. The first-order valence-electron chi connectivity index (χ1n) is 6.02. The van der Waals surface area contributed by atoms with Crippen LogP contribution in [0.1, 0.15) is 18.1 Å². The van der Waals surface area contributed by atoms with E-state index in [1.54, 1.807) is 0 Å². The Kier molecular flexibility index (Phi) is 3.72. The molecule has 1 heterocycles. The Balaban J connectivity index is 2.33. The number of hydrogen-bond acceptors (Lipinski definition) is 4. The molecule has 0 radical (unpaired) electrons. The van der Waals surface area contributed by atoms with Gasteiger partial charge in [-0.1, -0.05) is 13.0 Å². The summed E-state index contributed by atoms with van der Waals surface area (Å²) in [5.41, 5.74) is 7.48. The molecule has 5 heteroatoms. The lowest BCUT2D eigenvalue weighted by atomic mass is 9.97. The van der Waals surface area contributed by atoms with E-state index in [2.05, 4.69) is 0 Å². The molecule has 5 nitrogen and oxygen atoms in total. The van der Waals surface area contributed by atoms with E-state index in [9.17, 15) is 4.79 Å². The minimum Gasteiger partial charge on any atom is -0.486 e. The van der Waals surface area contributed by atoms with Gasteiger partial charge in [-0.15, -0.1) is 0 Å². The number of aliphatic carboxylic acids is 1. The van der Waals surface area contributed by atoms with Crippen LogP contribution in [0.25, 0.3) is 0 Å². The van der Waals surface area contributed by atoms with E-state index >= 15 is 0 Å². The Labute approximate surface area is 106 Å². The van der Waals surface area contributed by atoms with Gasteiger partial charge in [-0.05, 0) is 24.5 Å². The molecule has 0 saturated heterocycles. The summed E-state index contributed by atoms with van der Waals surface area (Å²) < 4.78 is 11.1. The second kappa shape index (κ2) is 5.27. The largest absolute Gasteiger partial charge is 0.486 e. The molecular weight excluding hydrogens is 234 g/mol. The topological polar surface area (TPSA) is 81.8 Å². The van der Waals surface area contributed by atoms with Crippen LogP contribution in [0.3, 0.4) is 0 Å². The van der Waals surface area contributed by atoms with Crippen LogP contribution < -0.4 is 15.2 Å². The lowest BCUT2D eigenvalue weighted by molar-refractivity contribution is -0.138. The van der Waals surface area contributed by atoms with E-state index in [0.717, 1.165) is 29.0 Å². The number of hydrogen-bond donors (Lipinski definition) is 2. The lowest BCUT2D eigenvalue weighted by Crippen LogP contribution is -2.32. The van der Waals surface area contributed by atoms with Gasteiger partial charge in [0, 0.05) is 5.56 Å². The van der Waals surface area contributed by atoms with Gasteiger partial charge >= 0.3 is 5.97 Å². The van der Waals surface area contributed by atoms with Crippen molar-refractivity contribution in [2.24, 2.45) is 5.73 Å². The molecular formula is C13H17NO4. The number of carboxylic acid groups (broad SMARTS) is 1. The smallest absolute Gasteiger partial charge is 0.320 e. The third-order valence-electron chi connectivity index (χ3n) is 3.02. The number of rotatable bonds is 4. The van der Waals surface area contributed by atoms with Crippen molar-refractivity contribution in [3.63, 3.8) is 0 Å². The summed E-state index contributed by atoms with van der Waals surface area (Å²) >= 11 is 0. The van der Waals surface area contributed by atoms with Crippen molar-refractivity contribution in [1.82, 2.24) is 0 Å². The second-order valence-electron chi connectivity index (χ2n) is 4.23. The zero-order valence-electron chi connectivity index (χ0n) is 10.3. The average Bonchev–Trinajstić information content (AvgIpc) is 2.38. The van der Waals surface area contributed by atoms with E-state index in [1.807, 2.05) is 19.1 Å². The maximum absolute atomic E-state index is 10.8. The van der Waals surface area contributed by atoms with E-state index < -0.39 is 12.0 Å². The van der Waals surface area contributed by atoms with E-state index in [0.29, 0.717) is 19.6 Å². The Bertz CT molecular complexity index is 459. The van der Waals surface area contributed by atoms with Crippen LogP contribution in [-0.2, 0) is 17.6 Å². The zero-order chi connectivity index (χ0) is 13.1. The monoisotopic (exact) mass is 251 g/mol. The van der Waals surface area contributed by atoms with Crippen molar-refractivity contribution >= 4 is 5.97 Å². The fourth-order valence-electron chi connectivity index (χ4n) is 2.12. The number of benzene rings is 1. The van der Waals surface area contributed by atoms with Crippen molar-refractivity contribution in [3.8, 4) is 11.5 Å². The molecule has 18 heavy (non-hydrogen) atoms. The molecule has 0 fully saturated rings. The standard InChI is InChI=1S/C13H17NO4/c1-2-9-8(7-10(14)13(15)16)3-4-11-12(9)18-6-5-17-11/h3-4,10H,2,5-7,14H2,1H3,(H,15,16). The molecule has 0 spiro atoms. The van der Waals surface area contributed by atoms with Crippen LogP contribution in [0.15, 0.2) is 12.1 Å². The van der Waals surface area contributed by atoms with Crippen LogP contribution in [0, 0.1) is 0 Å². The van der Waals surface area contributed by atoms with Crippen molar-refractivity contribution in [2.45, 2.75) is 25.8 Å². The molecule has 1 atom stereocenters. The molecule has 0 aromatic heterocycles. The molecule has 2 rings (SSSR count). The number of carboxylic acids is 1. The highest BCUT2D eigenvalue weighted by molar-refractivity contribution is 5.73. The Hall–Kier alpha value is -1.75. The first kappa shape index (κ1) is 12.7. The third kappa shape index (κ3) is 2.41. The van der Waals surface area contributed by atoms with Gasteiger partial charge in [-0.25, -0.2) is 0 Å².